The summed E-state index contributed by atoms with van der Waals surface area (Å²) in [7, 11) is 1.70. The molecule has 0 unspecified atom stereocenters. The van der Waals surface area contributed by atoms with Crippen molar-refractivity contribution < 1.29 is 4.74 Å². The van der Waals surface area contributed by atoms with Crippen molar-refractivity contribution in [3.8, 4) is 5.69 Å². The van der Waals surface area contributed by atoms with Crippen molar-refractivity contribution in [1.82, 2.24) is 9.78 Å². The van der Waals surface area contributed by atoms with Gasteiger partial charge in [0.05, 0.1) is 12.3 Å². The van der Waals surface area contributed by atoms with Crippen LogP contribution < -0.4 is 0 Å². The standard InChI is InChI=1S/C11H12N2O/c1-14-9-10-4-2-5-11(8-10)13-7-3-6-12-13/h2-8H,9H2,1H3. The number of benzene rings is 1. The Morgan fingerprint density at radius 1 is 1.36 bits per heavy atom. The molecule has 2 aromatic rings. The van der Waals surface area contributed by atoms with Crippen molar-refractivity contribution in [2.45, 2.75) is 6.61 Å². The average molecular weight is 188 g/mol. The van der Waals surface area contributed by atoms with E-state index < -0.39 is 0 Å². The number of nitrogens with zero attached hydrogens (tertiary/aromatic N) is 2. The van der Waals surface area contributed by atoms with E-state index in [4.69, 9.17) is 4.74 Å². The first kappa shape index (κ1) is 8.97. The van der Waals surface area contributed by atoms with Gasteiger partial charge in [0, 0.05) is 19.5 Å². The molecule has 2 rings (SSSR count). The highest BCUT2D eigenvalue weighted by molar-refractivity contribution is 5.34. The lowest BCUT2D eigenvalue weighted by atomic mass is 10.2. The normalized spacial score (nSPS) is 10.4. The van der Waals surface area contributed by atoms with Crippen molar-refractivity contribution in [3.05, 3.63) is 48.3 Å². The highest BCUT2D eigenvalue weighted by atomic mass is 16.5. The molecule has 72 valence electrons. The van der Waals surface area contributed by atoms with Crippen LogP contribution in [0.15, 0.2) is 42.7 Å². The molecular formula is C11H12N2O. The molecule has 0 bridgehead atoms. The Morgan fingerprint density at radius 3 is 3.00 bits per heavy atom. The van der Waals surface area contributed by atoms with Gasteiger partial charge in [-0.1, -0.05) is 12.1 Å². The Labute approximate surface area is 82.9 Å². The summed E-state index contributed by atoms with van der Waals surface area (Å²) in [6.45, 7) is 0.634. The molecule has 0 N–H and O–H groups in total. The predicted molar refractivity (Wildman–Crippen MR) is 54.3 cm³/mol. The van der Waals surface area contributed by atoms with Gasteiger partial charge in [-0.3, -0.25) is 0 Å². The molecule has 0 saturated carbocycles. The van der Waals surface area contributed by atoms with Gasteiger partial charge in [-0.2, -0.15) is 5.10 Å². The van der Waals surface area contributed by atoms with Gasteiger partial charge in [0.25, 0.3) is 0 Å². The zero-order valence-electron chi connectivity index (χ0n) is 8.05. The first-order valence-corrected chi connectivity index (χ1v) is 4.48. The Kier molecular flexibility index (Phi) is 2.60. The van der Waals surface area contributed by atoms with Crippen LogP contribution in [0.5, 0.6) is 0 Å². The Hall–Kier alpha value is -1.61. The molecule has 0 aliphatic heterocycles. The van der Waals surface area contributed by atoms with Gasteiger partial charge in [0.1, 0.15) is 0 Å². The third kappa shape index (κ3) is 1.83. The minimum atomic E-state index is 0.634. The van der Waals surface area contributed by atoms with E-state index in [9.17, 15) is 0 Å². The Morgan fingerprint density at radius 2 is 2.29 bits per heavy atom. The smallest absolute Gasteiger partial charge is 0.0713 e. The molecule has 0 amide bonds. The molecule has 0 saturated heterocycles. The van der Waals surface area contributed by atoms with E-state index in [-0.39, 0.29) is 0 Å². The first-order valence-electron chi connectivity index (χ1n) is 4.48. The SMILES string of the molecule is COCc1cccc(-n2cccn2)c1. The van der Waals surface area contributed by atoms with Gasteiger partial charge in [-0.25, -0.2) is 4.68 Å². The molecule has 0 radical (unpaired) electrons. The molecule has 3 nitrogen and oxygen atoms in total. The van der Waals surface area contributed by atoms with Crippen molar-refractivity contribution >= 4 is 0 Å². The Balaban J connectivity index is 2.31. The van der Waals surface area contributed by atoms with Crippen LogP contribution in [0.1, 0.15) is 5.56 Å². The van der Waals surface area contributed by atoms with Crippen LogP contribution in [0.4, 0.5) is 0 Å². The fourth-order valence-corrected chi connectivity index (χ4v) is 1.38. The van der Waals surface area contributed by atoms with Crippen molar-refractivity contribution in [1.29, 1.82) is 0 Å². The summed E-state index contributed by atoms with van der Waals surface area (Å²) in [5, 5.41) is 4.16. The number of aromatic nitrogens is 2. The molecule has 0 aliphatic rings. The number of ether oxygens (including phenoxy) is 1. The zero-order valence-corrected chi connectivity index (χ0v) is 8.05. The lowest BCUT2D eigenvalue weighted by Gasteiger charge is -2.04. The van der Waals surface area contributed by atoms with E-state index in [1.165, 1.54) is 0 Å². The van der Waals surface area contributed by atoms with Gasteiger partial charge < -0.3 is 4.74 Å². The first-order chi connectivity index (χ1) is 6.90. The fourth-order valence-electron chi connectivity index (χ4n) is 1.38. The van der Waals surface area contributed by atoms with E-state index in [0.717, 1.165) is 11.3 Å². The second-order valence-electron chi connectivity index (χ2n) is 3.05. The molecule has 0 spiro atoms. The second-order valence-corrected chi connectivity index (χ2v) is 3.05. The number of methoxy groups -OCH3 is 1. The molecule has 14 heavy (non-hydrogen) atoms. The van der Waals surface area contributed by atoms with Crippen LogP contribution in [0.3, 0.4) is 0 Å². The van der Waals surface area contributed by atoms with Crippen LogP contribution in [0.2, 0.25) is 0 Å². The van der Waals surface area contributed by atoms with Crippen LogP contribution in [-0.4, -0.2) is 16.9 Å². The lowest BCUT2D eigenvalue weighted by molar-refractivity contribution is 0.185. The molecule has 0 fully saturated rings. The van der Waals surface area contributed by atoms with Crippen LogP contribution in [-0.2, 0) is 11.3 Å². The van der Waals surface area contributed by atoms with Crippen molar-refractivity contribution in [3.63, 3.8) is 0 Å². The van der Waals surface area contributed by atoms with E-state index in [2.05, 4.69) is 11.2 Å². The largest absolute Gasteiger partial charge is 0.380 e. The van der Waals surface area contributed by atoms with Crippen LogP contribution >= 0.6 is 0 Å². The maximum absolute atomic E-state index is 5.07. The quantitative estimate of drug-likeness (QED) is 0.736. The van der Waals surface area contributed by atoms with E-state index in [0.29, 0.717) is 6.61 Å². The monoisotopic (exact) mass is 188 g/mol. The summed E-state index contributed by atoms with van der Waals surface area (Å²) in [5.41, 5.74) is 2.21. The zero-order chi connectivity index (χ0) is 9.80. The second kappa shape index (κ2) is 4.07. The summed E-state index contributed by atoms with van der Waals surface area (Å²) < 4.78 is 6.90. The minimum absolute atomic E-state index is 0.634. The van der Waals surface area contributed by atoms with Crippen LogP contribution in [0.25, 0.3) is 5.69 Å². The lowest BCUT2D eigenvalue weighted by Crippen LogP contribution is -1.95. The number of hydrogen-bond donors (Lipinski definition) is 0. The third-order valence-corrected chi connectivity index (χ3v) is 1.99. The van der Waals surface area contributed by atoms with Gasteiger partial charge in [-0.15, -0.1) is 0 Å². The summed E-state index contributed by atoms with van der Waals surface area (Å²) in [6, 6.07) is 10.0. The highest BCUT2D eigenvalue weighted by Crippen LogP contribution is 2.09. The van der Waals surface area contributed by atoms with E-state index in [1.807, 2.05) is 35.1 Å². The van der Waals surface area contributed by atoms with Crippen molar-refractivity contribution in [2.75, 3.05) is 7.11 Å². The maximum atomic E-state index is 5.07. The molecule has 1 heterocycles. The molecule has 0 aliphatic carbocycles. The maximum Gasteiger partial charge on any atom is 0.0713 e. The molecule has 0 atom stereocenters. The summed E-state index contributed by atoms with van der Waals surface area (Å²) in [5.74, 6) is 0. The minimum Gasteiger partial charge on any atom is -0.380 e. The molecule has 1 aromatic carbocycles. The van der Waals surface area contributed by atoms with Gasteiger partial charge in [-0.05, 0) is 23.8 Å². The van der Waals surface area contributed by atoms with Gasteiger partial charge in [0.2, 0.25) is 0 Å². The summed E-state index contributed by atoms with van der Waals surface area (Å²) >= 11 is 0. The average Bonchev–Trinajstić information content (AvgIpc) is 2.71. The fraction of sp³-hybridized carbons (Fsp3) is 0.182. The van der Waals surface area contributed by atoms with Gasteiger partial charge >= 0.3 is 0 Å². The van der Waals surface area contributed by atoms with Crippen LogP contribution in [0, 0.1) is 0 Å². The van der Waals surface area contributed by atoms with Gasteiger partial charge in [0.15, 0.2) is 0 Å². The van der Waals surface area contributed by atoms with E-state index in [1.54, 1.807) is 13.3 Å². The molecule has 3 heteroatoms. The van der Waals surface area contributed by atoms with Crippen molar-refractivity contribution in [2.24, 2.45) is 0 Å². The third-order valence-electron chi connectivity index (χ3n) is 1.99. The highest BCUT2D eigenvalue weighted by Gasteiger charge is 1.97. The molecule has 1 aromatic heterocycles. The Bertz CT molecular complexity index is 395. The topological polar surface area (TPSA) is 27.1 Å². The number of hydrogen-bond acceptors (Lipinski definition) is 2. The number of rotatable bonds is 3. The van der Waals surface area contributed by atoms with E-state index >= 15 is 0 Å². The predicted octanol–water partition coefficient (Wildman–Crippen LogP) is 2.02. The summed E-state index contributed by atoms with van der Waals surface area (Å²) in [6.07, 6.45) is 3.69. The summed E-state index contributed by atoms with van der Waals surface area (Å²) in [4.78, 5) is 0. The molecular weight excluding hydrogens is 176 g/mol.